The number of hydrogen-bond acceptors (Lipinski definition) is 7. The summed E-state index contributed by atoms with van der Waals surface area (Å²) in [4.78, 5) is 27.8. The van der Waals surface area contributed by atoms with Gasteiger partial charge in [0.15, 0.2) is 5.78 Å². The highest BCUT2D eigenvalue weighted by atomic mass is 32.2. The molecule has 0 aliphatic carbocycles. The number of aromatic nitrogens is 3. The molecule has 0 radical (unpaired) electrons. The van der Waals surface area contributed by atoms with Gasteiger partial charge >= 0.3 is 5.97 Å². The first-order valence-corrected chi connectivity index (χ1v) is 9.58. The van der Waals surface area contributed by atoms with E-state index in [1.165, 1.54) is 18.9 Å². The van der Waals surface area contributed by atoms with Crippen molar-refractivity contribution in [2.75, 3.05) is 7.11 Å². The summed E-state index contributed by atoms with van der Waals surface area (Å²) >= 11 is 1.18. The van der Waals surface area contributed by atoms with Crippen molar-refractivity contribution < 1.29 is 18.7 Å². The van der Waals surface area contributed by atoms with Crippen LogP contribution >= 0.6 is 11.8 Å². The van der Waals surface area contributed by atoms with Gasteiger partial charge in [0.2, 0.25) is 5.89 Å². The summed E-state index contributed by atoms with van der Waals surface area (Å²) in [5.41, 5.74) is 3.91. The van der Waals surface area contributed by atoms with Crippen molar-refractivity contribution in [3.8, 4) is 11.5 Å². The number of Topliss-reactive ketones (excluding diaryl/α,β-unsaturated/α-hetero) is 1. The van der Waals surface area contributed by atoms with E-state index in [4.69, 9.17) is 9.15 Å². The molecule has 1 atom stereocenters. The average molecular weight is 399 g/mol. The Morgan fingerprint density at radius 2 is 1.82 bits per heavy atom. The molecular formula is C20H21N3O4S. The summed E-state index contributed by atoms with van der Waals surface area (Å²) in [6, 6.07) is 7.75. The zero-order valence-corrected chi connectivity index (χ0v) is 17.1. The predicted octanol–water partition coefficient (Wildman–Crippen LogP) is 4.14. The standard InChI is InChI=1S/C20H21N3O4S/c1-10-6-8-14(9-7-10)18-22-23-20(27-18)28-13(4)17(24)16-11(2)15(12(3)21-16)19(25)26-5/h6-9,13,21H,1-5H3/t13-/m1/s1. The van der Waals surface area contributed by atoms with Crippen LogP contribution in [-0.4, -0.2) is 39.3 Å². The Kier molecular flexibility index (Phi) is 5.69. The average Bonchev–Trinajstić information content (AvgIpc) is 3.25. The van der Waals surface area contributed by atoms with Crippen molar-refractivity contribution in [3.05, 3.63) is 52.3 Å². The van der Waals surface area contributed by atoms with Crippen LogP contribution in [-0.2, 0) is 4.74 Å². The van der Waals surface area contributed by atoms with E-state index in [0.717, 1.165) is 11.1 Å². The first kappa shape index (κ1) is 19.9. The Balaban J connectivity index is 1.77. The number of methoxy groups -OCH3 is 1. The molecule has 0 bridgehead atoms. The minimum atomic E-state index is -0.478. The fourth-order valence-electron chi connectivity index (χ4n) is 2.88. The highest BCUT2D eigenvalue weighted by molar-refractivity contribution is 8.00. The van der Waals surface area contributed by atoms with Crippen LogP contribution in [0.5, 0.6) is 0 Å². The molecule has 1 aromatic carbocycles. The lowest BCUT2D eigenvalue weighted by Crippen LogP contribution is -2.15. The molecule has 28 heavy (non-hydrogen) atoms. The first-order valence-electron chi connectivity index (χ1n) is 8.70. The van der Waals surface area contributed by atoms with Crippen LogP contribution < -0.4 is 0 Å². The van der Waals surface area contributed by atoms with E-state index < -0.39 is 11.2 Å². The number of aromatic amines is 1. The van der Waals surface area contributed by atoms with Crippen molar-refractivity contribution in [1.82, 2.24) is 15.2 Å². The zero-order valence-electron chi connectivity index (χ0n) is 16.3. The molecule has 2 aromatic heterocycles. The van der Waals surface area contributed by atoms with Gasteiger partial charge in [-0.1, -0.05) is 29.5 Å². The Morgan fingerprint density at radius 1 is 1.14 bits per heavy atom. The molecule has 0 aliphatic rings. The number of H-pyrrole nitrogens is 1. The zero-order chi connectivity index (χ0) is 20.4. The molecule has 0 unspecified atom stereocenters. The third-order valence-corrected chi connectivity index (χ3v) is 5.36. The summed E-state index contributed by atoms with van der Waals surface area (Å²) < 4.78 is 10.5. The molecule has 0 aliphatic heterocycles. The number of benzene rings is 1. The molecule has 0 spiro atoms. The third kappa shape index (κ3) is 3.87. The lowest BCUT2D eigenvalue weighted by Gasteiger charge is -2.07. The van der Waals surface area contributed by atoms with Crippen LogP contribution in [0.4, 0.5) is 0 Å². The van der Waals surface area contributed by atoms with Gasteiger partial charge in [0.1, 0.15) is 0 Å². The van der Waals surface area contributed by atoms with Gasteiger partial charge in [-0.3, -0.25) is 4.79 Å². The number of carbonyl (C=O) groups is 2. The van der Waals surface area contributed by atoms with E-state index in [1.807, 2.05) is 31.2 Å². The normalized spacial score (nSPS) is 12.0. The van der Waals surface area contributed by atoms with Crippen molar-refractivity contribution in [1.29, 1.82) is 0 Å². The van der Waals surface area contributed by atoms with Gasteiger partial charge in [-0.25, -0.2) is 4.79 Å². The Morgan fingerprint density at radius 3 is 2.46 bits per heavy atom. The van der Waals surface area contributed by atoms with Crippen molar-refractivity contribution in [3.63, 3.8) is 0 Å². The largest absolute Gasteiger partial charge is 0.465 e. The molecule has 0 saturated heterocycles. The number of nitrogens with one attached hydrogen (secondary N) is 1. The van der Waals surface area contributed by atoms with Gasteiger partial charge in [-0.15, -0.1) is 10.2 Å². The van der Waals surface area contributed by atoms with Gasteiger partial charge in [-0.2, -0.15) is 0 Å². The number of ether oxygens (including phenoxy) is 1. The van der Waals surface area contributed by atoms with Crippen LogP contribution in [0.2, 0.25) is 0 Å². The molecule has 8 heteroatoms. The SMILES string of the molecule is COC(=O)c1c(C)[nH]c(C(=O)[C@@H](C)Sc2nnc(-c3ccc(C)cc3)o2)c1C. The summed E-state index contributed by atoms with van der Waals surface area (Å²) in [6.07, 6.45) is 0. The van der Waals surface area contributed by atoms with E-state index in [-0.39, 0.29) is 5.78 Å². The number of esters is 1. The van der Waals surface area contributed by atoms with Crippen LogP contribution in [0.1, 0.15) is 44.6 Å². The number of ketones is 1. The maximum Gasteiger partial charge on any atom is 0.339 e. The van der Waals surface area contributed by atoms with E-state index >= 15 is 0 Å². The molecule has 146 valence electrons. The minimum absolute atomic E-state index is 0.157. The van der Waals surface area contributed by atoms with Gasteiger partial charge in [0.05, 0.1) is 23.6 Å². The number of nitrogens with zero attached hydrogens (tertiary/aromatic N) is 2. The Bertz CT molecular complexity index is 1020. The van der Waals surface area contributed by atoms with Gasteiger partial charge < -0.3 is 14.1 Å². The van der Waals surface area contributed by atoms with E-state index in [2.05, 4.69) is 15.2 Å². The van der Waals surface area contributed by atoms with Gasteiger partial charge in [0.25, 0.3) is 5.22 Å². The number of aryl methyl sites for hydroxylation is 2. The van der Waals surface area contributed by atoms with Crippen molar-refractivity contribution in [2.45, 2.75) is 38.2 Å². The van der Waals surface area contributed by atoms with Crippen molar-refractivity contribution >= 4 is 23.5 Å². The molecule has 0 amide bonds. The number of hydrogen-bond donors (Lipinski definition) is 1. The summed E-state index contributed by atoms with van der Waals surface area (Å²) in [7, 11) is 1.31. The maximum atomic E-state index is 12.9. The van der Waals surface area contributed by atoms with Gasteiger partial charge in [0, 0.05) is 11.3 Å². The second-order valence-corrected chi connectivity index (χ2v) is 7.77. The number of carbonyl (C=O) groups excluding carboxylic acids is 2. The molecule has 7 nitrogen and oxygen atoms in total. The molecule has 2 heterocycles. The molecular weight excluding hydrogens is 378 g/mol. The quantitative estimate of drug-likeness (QED) is 0.378. The summed E-state index contributed by atoms with van der Waals surface area (Å²) in [6.45, 7) is 7.22. The first-order chi connectivity index (χ1) is 13.3. The molecule has 0 fully saturated rings. The summed E-state index contributed by atoms with van der Waals surface area (Å²) in [5.74, 6) is -0.219. The highest BCUT2D eigenvalue weighted by Crippen LogP contribution is 2.29. The molecule has 0 saturated carbocycles. The third-order valence-electron chi connectivity index (χ3n) is 4.43. The molecule has 3 aromatic rings. The van der Waals surface area contributed by atoms with Crippen LogP contribution in [0.25, 0.3) is 11.5 Å². The van der Waals surface area contributed by atoms with Crippen LogP contribution in [0.15, 0.2) is 33.9 Å². The molecule has 3 rings (SSSR count). The Labute approximate surface area is 166 Å². The fourth-order valence-corrected chi connectivity index (χ4v) is 3.63. The highest BCUT2D eigenvalue weighted by Gasteiger charge is 2.27. The monoisotopic (exact) mass is 399 g/mol. The minimum Gasteiger partial charge on any atom is -0.465 e. The van der Waals surface area contributed by atoms with E-state index in [0.29, 0.717) is 33.6 Å². The predicted molar refractivity (Wildman–Crippen MR) is 106 cm³/mol. The van der Waals surface area contributed by atoms with Gasteiger partial charge in [-0.05, 0) is 45.4 Å². The topological polar surface area (TPSA) is 98.1 Å². The van der Waals surface area contributed by atoms with E-state index in [1.54, 1.807) is 20.8 Å². The van der Waals surface area contributed by atoms with Crippen LogP contribution in [0.3, 0.4) is 0 Å². The molecule has 1 N–H and O–H groups in total. The number of rotatable bonds is 6. The smallest absolute Gasteiger partial charge is 0.339 e. The second-order valence-electron chi connectivity index (χ2n) is 6.48. The maximum absolute atomic E-state index is 12.9. The summed E-state index contributed by atoms with van der Waals surface area (Å²) in [5, 5.41) is 7.91. The Hall–Kier alpha value is -2.87. The van der Waals surface area contributed by atoms with Crippen molar-refractivity contribution in [2.24, 2.45) is 0 Å². The van der Waals surface area contributed by atoms with E-state index in [9.17, 15) is 9.59 Å². The fraction of sp³-hybridized carbons (Fsp3) is 0.300. The lowest BCUT2D eigenvalue weighted by molar-refractivity contribution is 0.0599. The van der Waals surface area contributed by atoms with Crippen LogP contribution in [0, 0.1) is 20.8 Å². The number of thioether (sulfide) groups is 1. The lowest BCUT2D eigenvalue weighted by atomic mass is 10.1. The second kappa shape index (κ2) is 8.02.